The lowest BCUT2D eigenvalue weighted by molar-refractivity contribution is -0.688. The first-order valence-corrected chi connectivity index (χ1v) is 10.7. The minimum atomic E-state index is -4.85. The van der Waals surface area contributed by atoms with E-state index < -0.39 is 21.0 Å². The van der Waals surface area contributed by atoms with E-state index in [-0.39, 0.29) is 35.7 Å². The van der Waals surface area contributed by atoms with Gasteiger partial charge in [-0.15, -0.1) is 20.9 Å². The summed E-state index contributed by atoms with van der Waals surface area (Å²) < 4.78 is 43.1. The molecule has 6 nitrogen and oxygen atoms in total. The quantitative estimate of drug-likeness (QED) is 0.193. The summed E-state index contributed by atoms with van der Waals surface area (Å²) in [6.45, 7) is -0.230. The normalized spacial score (nSPS) is 11.6. The molecular formula is C20H16BrCl2FN2O4S. The monoisotopic (exact) mass is 548 g/mol. The Hall–Kier alpha value is -2.20. The first-order valence-electron chi connectivity index (χ1n) is 8.56. The van der Waals surface area contributed by atoms with E-state index >= 15 is 0 Å². The Bertz CT molecular complexity index is 1210. The van der Waals surface area contributed by atoms with Gasteiger partial charge in [0.05, 0.1) is 10.0 Å². The van der Waals surface area contributed by atoms with E-state index in [1.54, 1.807) is 47.3 Å². The molecule has 0 aliphatic carbocycles. The molecule has 0 amide bonds. The van der Waals surface area contributed by atoms with Crippen LogP contribution < -0.4 is 14.4 Å². The summed E-state index contributed by atoms with van der Waals surface area (Å²) in [6, 6.07) is 13.6. The van der Waals surface area contributed by atoms with Crippen molar-refractivity contribution in [1.82, 2.24) is 0 Å². The number of pyridine rings is 1. The molecule has 0 radical (unpaired) electrons. The maximum Gasteiger partial charge on any atom is 0.332 e. The summed E-state index contributed by atoms with van der Waals surface area (Å²) in [4.78, 5) is 3.55. The van der Waals surface area contributed by atoms with Crippen LogP contribution in [0.5, 0.6) is 5.75 Å². The fraction of sp³-hybridized carbons (Fsp3) is 0.100. The van der Waals surface area contributed by atoms with Gasteiger partial charge in [-0.25, -0.2) is 0 Å². The predicted octanol–water partition coefficient (Wildman–Crippen LogP) is 4.03. The maximum atomic E-state index is 13.5. The molecule has 0 atom stereocenters. The summed E-state index contributed by atoms with van der Waals surface area (Å²) in [5, 5.41) is 12.8. The van der Waals surface area contributed by atoms with Crippen molar-refractivity contribution in [2.24, 2.45) is 4.99 Å². The third-order valence-corrected chi connectivity index (χ3v) is 5.60. The molecular weight excluding hydrogens is 534 g/mol. The van der Waals surface area contributed by atoms with Crippen LogP contribution in [-0.4, -0.2) is 20.9 Å². The second-order valence-corrected chi connectivity index (χ2v) is 8.28. The number of aromatic nitrogens is 1. The van der Waals surface area contributed by atoms with Crippen molar-refractivity contribution in [1.29, 1.82) is 0 Å². The van der Waals surface area contributed by atoms with Gasteiger partial charge in [0, 0.05) is 23.6 Å². The first kappa shape index (κ1) is 25.1. The van der Waals surface area contributed by atoms with E-state index in [1.165, 1.54) is 24.3 Å². The standard InChI is InChI=1S/C20H15Cl2FN2O4S.BrH/c21-17-8-7-16(10-18(17)22)29-13-20(26)24-15-5-3-9-25(12-15)11-14-4-1-2-6-19(14)30(23,27)28;/h1-10,12H,11,13H2;1H. The summed E-state index contributed by atoms with van der Waals surface area (Å²) >= 11 is 11.7. The van der Waals surface area contributed by atoms with E-state index in [9.17, 15) is 17.4 Å². The molecule has 0 saturated carbocycles. The average molecular weight is 550 g/mol. The van der Waals surface area contributed by atoms with Crippen LogP contribution in [0.15, 0.2) is 76.9 Å². The molecule has 164 valence electrons. The van der Waals surface area contributed by atoms with Crippen LogP contribution in [-0.2, 0) is 16.8 Å². The highest BCUT2D eigenvalue weighted by molar-refractivity contribution is 8.93. The molecule has 2 aromatic carbocycles. The maximum absolute atomic E-state index is 13.5. The van der Waals surface area contributed by atoms with Crippen LogP contribution >= 0.6 is 40.2 Å². The van der Waals surface area contributed by atoms with Gasteiger partial charge in [0.2, 0.25) is 0 Å². The molecule has 31 heavy (non-hydrogen) atoms. The first-order chi connectivity index (χ1) is 14.2. The van der Waals surface area contributed by atoms with Gasteiger partial charge < -0.3 is 9.84 Å². The third kappa shape index (κ3) is 7.17. The SMILES string of the molecule is Br.O=S(=O)(F)c1ccccc1C[n+]1cccc(N=C([O-])COc2ccc(Cl)c(Cl)c2)c1. The fourth-order valence-corrected chi connectivity index (χ4v) is 3.60. The van der Waals surface area contributed by atoms with E-state index in [4.69, 9.17) is 27.9 Å². The Labute approximate surface area is 199 Å². The highest BCUT2D eigenvalue weighted by Crippen LogP contribution is 2.26. The number of ether oxygens (including phenoxy) is 1. The minimum Gasteiger partial charge on any atom is -0.859 e. The molecule has 0 aliphatic rings. The Morgan fingerprint density at radius 3 is 2.55 bits per heavy atom. The van der Waals surface area contributed by atoms with Crippen molar-refractivity contribution in [3.05, 3.63) is 82.6 Å². The van der Waals surface area contributed by atoms with Crippen molar-refractivity contribution in [3.8, 4) is 5.75 Å². The molecule has 0 fully saturated rings. The van der Waals surface area contributed by atoms with Crippen LogP contribution in [0.2, 0.25) is 10.0 Å². The lowest BCUT2D eigenvalue weighted by Gasteiger charge is -2.12. The van der Waals surface area contributed by atoms with Gasteiger partial charge in [0.1, 0.15) is 22.9 Å². The van der Waals surface area contributed by atoms with Crippen LogP contribution in [0.4, 0.5) is 9.57 Å². The van der Waals surface area contributed by atoms with Gasteiger partial charge in [0.25, 0.3) is 0 Å². The summed E-state index contributed by atoms with van der Waals surface area (Å²) in [6.07, 6.45) is 3.19. The van der Waals surface area contributed by atoms with Crippen LogP contribution in [0.3, 0.4) is 0 Å². The molecule has 0 unspecified atom stereocenters. The van der Waals surface area contributed by atoms with E-state index in [0.29, 0.717) is 21.5 Å². The Morgan fingerprint density at radius 1 is 1.10 bits per heavy atom. The molecule has 0 saturated heterocycles. The van der Waals surface area contributed by atoms with Gasteiger partial charge in [-0.3, -0.25) is 4.99 Å². The fourth-order valence-electron chi connectivity index (χ4n) is 2.63. The van der Waals surface area contributed by atoms with Gasteiger partial charge in [-0.1, -0.05) is 41.4 Å². The highest BCUT2D eigenvalue weighted by Gasteiger charge is 2.19. The number of rotatable bonds is 7. The van der Waals surface area contributed by atoms with E-state index in [2.05, 4.69) is 4.99 Å². The molecule has 3 aromatic rings. The van der Waals surface area contributed by atoms with Crippen LogP contribution in [0.25, 0.3) is 0 Å². The predicted molar refractivity (Wildman–Crippen MR) is 120 cm³/mol. The largest absolute Gasteiger partial charge is 0.859 e. The molecule has 0 spiro atoms. The Kier molecular flexibility index (Phi) is 8.81. The second kappa shape index (κ2) is 10.9. The molecule has 0 bridgehead atoms. The van der Waals surface area contributed by atoms with Crippen LogP contribution in [0.1, 0.15) is 5.56 Å². The van der Waals surface area contributed by atoms with Gasteiger partial charge in [-0.05, 0) is 24.3 Å². The smallest absolute Gasteiger partial charge is 0.332 e. The van der Waals surface area contributed by atoms with Crippen LogP contribution in [0, 0.1) is 0 Å². The zero-order chi connectivity index (χ0) is 21.7. The van der Waals surface area contributed by atoms with Crippen molar-refractivity contribution in [3.63, 3.8) is 0 Å². The highest BCUT2D eigenvalue weighted by atomic mass is 79.9. The number of nitrogens with zero attached hydrogens (tertiary/aromatic N) is 2. The van der Waals surface area contributed by atoms with Crippen molar-refractivity contribution < 1.29 is 26.7 Å². The number of hydrogen-bond donors (Lipinski definition) is 0. The minimum absolute atomic E-state index is 0. The lowest BCUT2D eigenvalue weighted by atomic mass is 10.2. The molecule has 11 heteroatoms. The number of aliphatic imine (C=N–C) groups is 1. The molecule has 1 aromatic heterocycles. The molecule has 3 rings (SSSR count). The molecule has 1 heterocycles. The third-order valence-electron chi connectivity index (χ3n) is 3.94. The lowest BCUT2D eigenvalue weighted by Crippen LogP contribution is -2.34. The van der Waals surface area contributed by atoms with Gasteiger partial charge in [-0.2, -0.15) is 13.0 Å². The molecule has 0 aliphatic heterocycles. The Balaban J connectivity index is 0.00000341. The number of benzene rings is 2. The Morgan fingerprint density at radius 2 is 1.84 bits per heavy atom. The molecule has 0 N–H and O–H groups in total. The van der Waals surface area contributed by atoms with E-state index in [1.807, 2.05) is 0 Å². The second-order valence-electron chi connectivity index (χ2n) is 6.15. The number of hydrogen-bond acceptors (Lipinski definition) is 5. The zero-order valence-corrected chi connectivity index (χ0v) is 19.8. The van der Waals surface area contributed by atoms with Crippen molar-refractivity contribution in [2.75, 3.05) is 6.61 Å². The van der Waals surface area contributed by atoms with Gasteiger partial charge >= 0.3 is 10.2 Å². The topological polar surface area (TPSA) is 82.7 Å². The van der Waals surface area contributed by atoms with E-state index in [0.717, 1.165) is 0 Å². The van der Waals surface area contributed by atoms with Crippen molar-refractivity contribution in [2.45, 2.75) is 11.4 Å². The zero-order valence-electron chi connectivity index (χ0n) is 15.7. The van der Waals surface area contributed by atoms with Gasteiger partial charge in [0.15, 0.2) is 18.9 Å². The summed E-state index contributed by atoms with van der Waals surface area (Å²) in [5.74, 6) is -0.161. The number of halogens is 4. The summed E-state index contributed by atoms with van der Waals surface area (Å²) in [5.41, 5.74) is 0.609. The summed E-state index contributed by atoms with van der Waals surface area (Å²) in [7, 11) is -4.85. The average Bonchev–Trinajstić information content (AvgIpc) is 2.69. The van der Waals surface area contributed by atoms with Crippen molar-refractivity contribution >= 4 is 62.0 Å².